The first-order valence-corrected chi connectivity index (χ1v) is 7.51. The molecule has 1 aromatic rings. The van der Waals surface area contributed by atoms with E-state index in [4.69, 9.17) is 0 Å². The Morgan fingerprint density at radius 2 is 2.06 bits per heavy atom. The van der Waals surface area contributed by atoms with Crippen molar-refractivity contribution in [3.63, 3.8) is 0 Å². The van der Waals surface area contributed by atoms with Crippen molar-refractivity contribution in [2.75, 3.05) is 11.5 Å². The predicted molar refractivity (Wildman–Crippen MR) is 71.2 cm³/mol. The molecule has 1 aliphatic heterocycles. The molecule has 0 spiro atoms. The van der Waals surface area contributed by atoms with Gasteiger partial charge in [0.25, 0.3) is 0 Å². The summed E-state index contributed by atoms with van der Waals surface area (Å²) >= 11 is 1.89. The molecule has 4 heteroatoms. The van der Waals surface area contributed by atoms with Crippen molar-refractivity contribution in [3.8, 4) is 0 Å². The highest BCUT2D eigenvalue weighted by Crippen LogP contribution is 2.48. The third kappa shape index (κ3) is 2.14. The molecule has 3 rings (SSSR count). The van der Waals surface area contributed by atoms with Crippen LogP contribution in [0.15, 0.2) is 24.3 Å². The third-order valence-electron chi connectivity index (χ3n) is 3.85. The highest BCUT2D eigenvalue weighted by Gasteiger charge is 2.51. The lowest BCUT2D eigenvalue weighted by Crippen LogP contribution is -2.41. The van der Waals surface area contributed by atoms with Gasteiger partial charge in [-0.1, -0.05) is 12.1 Å². The molecule has 1 atom stereocenters. The van der Waals surface area contributed by atoms with Crippen LogP contribution in [0.1, 0.15) is 24.8 Å². The molecule has 1 aromatic carbocycles. The molecule has 1 N–H and O–H groups in total. The first-order valence-electron chi connectivity index (χ1n) is 6.35. The smallest absolute Gasteiger partial charge is 0.230 e. The Labute approximate surface area is 110 Å². The number of hydrogen-bond acceptors (Lipinski definition) is 2. The first-order chi connectivity index (χ1) is 8.71. The lowest BCUT2D eigenvalue weighted by molar-refractivity contribution is -0.124. The Bertz CT molecular complexity index is 449. The number of thioether (sulfide) groups is 1. The fraction of sp³-hybridized carbons (Fsp3) is 0.500. The van der Waals surface area contributed by atoms with Crippen molar-refractivity contribution in [2.45, 2.75) is 30.7 Å². The molecule has 1 saturated heterocycles. The van der Waals surface area contributed by atoms with Gasteiger partial charge in [-0.15, -0.1) is 0 Å². The fourth-order valence-electron chi connectivity index (χ4n) is 2.51. The molecule has 1 aliphatic carbocycles. The van der Waals surface area contributed by atoms with Crippen LogP contribution >= 0.6 is 11.8 Å². The summed E-state index contributed by atoms with van der Waals surface area (Å²) in [6.45, 7) is 0. The fourth-order valence-corrected chi connectivity index (χ4v) is 3.67. The molecule has 0 bridgehead atoms. The summed E-state index contributed by atoms with van der Waals surface area (Å²) in [7, 11) is 0. The quantitative estimate of drug-likeness (QED) is 0.909. The number of amides is 1. The maximum absolute atomic E-state index is 12.9. The normalized spacial score (nSPS) is 24.8. The van der Waals surface area contributed by atoms with Crippen LogP contribution in [0.2, 0.25) is 0 Å². The van der Waals surface area contributed by atoms with Gasteiger partial charge in [0.15, 0.2) is 0 Å². The van der Waals surface area contributed by atoms with E-state index in [1.165, 1.54) is 12.1 Å². The number of benzene rings is 1. The molecule has 1 amide bonds. The van der Waals surface area contributed by atoms with Crippen LogP contribution in [0.25, 0.3) is 0 Å². The van der Waals surface area contributed by atoms with E-state index in [0.29, 0.717) is 6.04 Å². The third-order valence-corrected chi connectivity index (χ3v) is 5.01. The van der Waals surface area contributed by atoms with E-state index in [9.17, 15) is 9.18 Å². The largest absolute Gasteiger partial charge is 0.352 e. The topological polar surface area (TPSA) is 29.1 Å². The van der Waals surface area contributed by atoms with Gasteiger partial charge < -0.3 is 5.32 Å². The summed E-state index contributed by atoms with van der Waals surface area (Å²) in [5.41, 5.74) is 0.577. The summed E-state index contributed by atoms with van der Waals surface area (Å²) < 4.78 is 12.9. The number of carbonyl (C=O) groups is 1. The minimum absolute atomic E-state index is 0.126. The number of carbonyl (C=O) groups excluding carboxylic acids is 1. The van der Waals surface area contributed by atoms with Crippen molar-refractivity contribution in [3.05, 3.63) is 35.6 Å². The van der Waals surface area contributed by atoms with Gasteiger partial charge in [0.2, 0.25) is 5.91 Å². The summed E-state index contributed by atoms with van der Waals surface area (Å²) in [6.07, 6.45) is 2.82. The van der Waals surface area contributed by atoms with Crippen LogP contribution in [0, 0.1) is 5.82 Å². The summed E-state index contributed by atoms with van der Waals surface area (Å²) in [5, 5.41) is 3.14. The van der Waals surface area contributed by atoms with E-state index < -0.39 is 0 Å². The Hall–Kier alpha value is -1.03. The van der Waals surface area contributed by atoms with E-state index in [-0.39, 0.29) is 17.1 Å². The van der Waals surface area contributed by atoms with Crippen molar-refractivity contribution >= 4 is 17.7 Å². The van der Waals surface area contributed by atoms with Crippen molar-refractivity contribution in [1.29, 1.82) is 0 Å². The average Bonchev–Trinajstić information content (AvgIpc) is 3.03. The van der Waals surface area contributed by atoms with Gasteiger partial charge in [0.1, 0.15) is 5.82 Å². The first kappa shape index (κ1) is 12.0. The molecule has 0 radical (unpaired) electrons. The second kappa shape index (κ2) is 4.57. The Morgan fingerprint density at radius 1 is 1.33 bits per heavy atom. The Morgan fingerprint density at radius 3 is 2.61 bits per heavy atom. The van der Waals surface area contributed by atoms with Crippen molar-refractivity contribution in [1.82, 2.24) is 5.32 Å². The van der Waals surface area contributed by atoms with Crippen LogP contribution in [-0.2, 0) is 10.2 Å². The lowest BCUT2D eigenvalue weighted by atomic mass is 9.94. The number of rotatable bonds is 3. The van der Waals surface area contributed by atoms with Crippen LogP contribution in [-0.4, -0.2) is 23.5 Å². The molecular weight excluding hydrogens is 249 g/mol. The average molecular weight is 265 g/mol. The standard InChI is InChI=1S/C14H16FNOS/c15-11-3-1-10(2-4-11)14(6-7-14)13(17)16-12-5-8-18-9-12/h1-4,12H,5-9H2,(H,16,17)/t12-/m0/s1. The molecule has 2 fully saturated rings. The summed E-state index contributed by atoms with van der Waals surface area (Å²) in [6, 6.07) is 6.68. The second-order valence-electron chi connectivity index (χ2n) is 5.12. The highest BCUT2D eigenvalue weighted by atomic mass is 32.2. The van der Waals surface area contributed by atoms with E-state index in [0.717, 1.165) is 36.3 Å². The minimum Gasteiger partial charge on any atom is -0.352 e. The predicted octanol–water partition coefficient (Wildman–Crippen LogP) is 2.48. The summed E-state index contributed by atoms with van der Waals surface area (Å²) in [4.78, 5) is 12.4. The molecule has 18 heavy (non-hydrogen) atoms. The SMILES string of the molecule is O=C(N[C@H]1CCSC1)C1(c2ccc(F)cc2)CC1. The monoisotopic (exact) mass is 265 g/mol. The van der Waals surface area contributed by atoms with Gasteiger partial charge in [-0.2, -0.15) is 11.8 Å². The summed E-state index contributed by atoms with van der Waals surface area (Å²) in [5.74, 6) is 2.03. The molecular formula is C14H16FNOS. The lowest BCUT2D eigenvalue weighted by Gasteiger charge is -2.19. The van der Waals surface area contributed by atoms with Crippen LogP contribution in [0.4, 0.5) is 4.39 Å². The maximum Gasteiger partial charge on any atom is 0.230 e. The molecule has 0 aromatic heterocycles. The Balaban J connectivity index is 1.73. The minimum atomic E-state index is -0.374. The highest BCUT2D eigenvalue weighted by molar-refractivity contribution is 7.99. The van der Waals surface area contributed by atoms with Gasteiger partial charge in [-0.05, 0) is 42.7 Å². The van der Waals surface area contributed by atoms with Gasteiger partial charge in [0.05, 0.1) is 5.41 Å². The van der Waals surface area contributed by atoms with Gasteiger partial charge in [-0.25, -0.2) is 4.39 Å². The maximum atomic E-state index is 12.9. The molecule has 2 aliphatic rings. The van der Waals surface area contributed by atoms with E-state index in [2.05, 4.69) is 5.32 Å². The number of hydrogen-bond donors (Lipinski definition) is 1. The van der Waals surface area contributed by atoms with E-state index in [1.807, 2.05) is 11.8 Å². The van der Waals surface area contributed by atoms with Crippen molar-refractivity contribution < 1.29 is 9.18 Å². The van der Waals surface area contributed by atoms with Gasteiger partial charge in [-0.3, -0.25) is 4.79 Å². The molecule has 0 unspecified atom stereocenters. The van der Waals surface area contributed by atoms with E-state index in [1.54, 1.807) is 12.1 Å². The van der Waals surface area contributed by atoms with Crippen molar-refractivity contribution in [2.24, 2.45) is 0 Å². The van der Waals surface area contributed by atoms with E-state index >= 15 is 0 Å². The van der Waals surface area contributed by atoms with Gasteiger partial charge >= 0.3 is 0 Å². The molecule has 2 nitrogen and oxygen atoms in total. The second-order valence-corrected chi connectivity index (χ2v) is 6.27. The van der Waals surface area contributed by atoms with Crippen LogP contribution < -0.4 is 5.32 Å². The van der Waals surface area contributed by atoms with Crippen LogP contribution in [0.5, 0.6) is 0 Å². The molecule has 1 heterocycles. The zero-order valence-electron chi connectivity index (χ0n) is 10.1. The zero-order valence-corrected chi connectivity index (χ0v) is 10.9. The van der Waals surface area contributed by atoms with Crippen LogP contribution in [0.3, 0.4) is 0 Å². The number of halogens is 1. The number of nitrogens with one attached hydrogen (secondary N) is 1. The van der Waals surface area contributed by atoms with Gasteiger partial charge in [0, 0.05) is 11.8 Å². The zero-order chi connectivity index (χ0) is 12.6. The Kier molecular flexibility index (Phi) is 3.06. The molecule has 1 saturated carbocycles. The molecule has 96 valence electrons.